The third kappa shape index (κ3) is 3.65. The number of pyridine rings is 1. The number of hydrogen-bond acceptors (Lipinski definition) is 3. The quantitative estimate of drug-likeness (QED) is 0.627. The maximum atomic E-state index is 4.58. The lowest BCUT2D eigenvalue weighted by atomic mass is 9.77. The Morgan fingerprint density at radius 3 is 2.76 bits per heavy atom. The smallest absolute Gasteiger partial charge is 0.110 e. The first-order chi connectivity index (χ1) is 8.26. The number of thioether (sulfide) groups is 1. The van der Waals surface area contributed by atoms with E-state index in [9.17, 15) is 0 Å². The molecule has 2 rings (SSSR count). The lowest BCUT2D eigenvalue weighted by Gasteiger charge is -2.35. The third-order valence-electron chi connectivity index (χ3n) is 3.49. The fourth-order valence-corrected chi connectivity index (χ4v) is 4.70. The number of hydrogen-bond donors (Lipinski definition) is 1. The van der Waals surface area contributed by atoms with Gasteiger partial charge in [-0.15, -0.1) is 11.8 Å². The van der Waals surface area contributed by atoms with Crippen molar-refractivity contribution in [3.05, 3.63) is 22.8 Å². The van der Waals surface area contributed by atoms with Crippen LogP contribution in [-0.4, -0.2) is 16.5 Å². The summed E-state index contributed by atoms with van der Waals surface area (Å²) < 4.78 is 1.11. The fourth-order valence-electron chi connectivity index (χ4n) is 2.35. The zero-order chi connectivity index (χ0) is 12.1. The van der Waals surface area contributed by atoms with E-state index >= 15 is 0 Å². The highest BCUT2D eigenvalue weighted by molar-refractivity contribution is 9.10. The number of halogens is 1. The lowest BCUT2D eigenvalue weighted by Crippen LogP contribution is -2.28. The summed E-state index contributed by atoms with van der Waals surface area (Å²) in [6.45, 7) is 0. The molecule has 0 saturated heterocycles. The molecule has 0 atom stereocenters. The summed E-state index contributed by atoms with van der Waals surface area (Å²) in [6, 6.07) is 4.02. The van der Waals surface area contributed by atoms with E-state index in [2.05, 4.69) is 39.6 Å². The summed E-state index contributed by atoms with van der Waals surface area (Å²) in [7, 11) is 0. The molecule has 1 aromatic heterocycles. The molecule has 1 aromatic rings. The first-order valence-electron chi connectivity index (χ1n) is 6.10. The Bertz CT molecular complexity index is 364. The molecule has 1 nitrogen and oxygen atoms in total. The van der Waals surface area contributed by atoms with Crippen molar-refractivity contribution in [1.29, 1.82) is 0 Å². The average molecular weight is 332 g/mol. The van der Waals surface area contributed by atoms with Crippen molar-refractivity contribution in [1.82, 2.24) is 4.98 Å². The molecule has 0 amide bonds. The van der Waals surface area contributed by atoms with Gasteiger partial charge in [-0.3, -0.25) is 0 Å². The second kappa shape index (κ2) is 6.48. The minimum Gasteiger partial charge on any atom is -0.249 e. The summed E-state index contributed by atoms with van der Waals surface area (Å²) in [5.41, 5.74) is 0.434. The van der Waals surface area contributed by atoms with Gasteiger partial charge >= 0.3 is 0 Å². The molecule has 0 spiro atoms. The van der Waals surface area contributed by atoms with Crippen molar-refractivity contribution < 1.29 is 0 Å². The van der Waals surface area contributed by atoms with Gasteiger partial charge in [0.2, 0.25) is 0 Å². The Hall–Kier alpha value is 0.330. The van der Waals surface area contributed by atoms with E-state index in [0.717, 1.165) is 21.0 Å². The SMILES string of the molecule is SCC1(CSc2ncccc2Br)CCCCC1. The lowest BCUT2D eigenvalue weighted by molar-refractivity contribution is 0.258. The second-order valence-electron chi connectivity index (χ2n) is 4.80. The van der Waals surface area contributed by atoms with E-state index < -0.39 is 0 Å². The van der Waals surface area contributed by atoms with Crippen molar-refractivity contribution in [2.45, 2.75) is 37.1 Å². The van der Waals surface area contributed by atoms with Gasteiger partial charge in [0.25, 0.3) is 0 Å². The van der Waals surface area contributed by atoms with Crippen LogP contribution in [0.25, 0.3) is 0 Å². The van der Waals surface area contributed by atoms with Gasteiger partial charge in [-0.05, 0) is 52.1 Å². The average Bonchev–Trinajstić information content (AvgIpc) is 2.39. The van der Waals surface area contributed by atoms with E-state index in [1.807, 2.05) is 24.0 Å². The molecule has 1 aliphatic carbocycles. The Morgan fingerprint density at radius 2 is 2.12 bits per heavy atom. The molecular weight excluding hydrogens is 314 g/mol. The van der Waals surface area contributed by atoms with E-state index in [0.29, 0.717) is 5.41 Å². The van der Waals surface area contributed by atoms with Crippen LogP contribution >= 0.6 is 40.3 Å². The van der Waals surface area contributed by atoms with Gasteiger partial charge in [0.05, 0.1) is 0 Å². The highest BCUT2D eigenvalue weighted by Crippen LogP contribution is 2.42. The maximum absolute atomic E-state index is 4.58. The van der Waals surface area contributed by atoms with Gasteiger partial charge in [-0.25, -0.2) is 4.98 Å². The molecule has 4 heteroatoms. The van der Waals surface area contributed by atoms with Crippen LogP contribution in [0.4, 0.5) is 0 Å². The highest BCUT2D eigenvalue weighted by atomic mass is 79.9. The Morgan fingerprint density at radius 1 is 1.35 bits per heavy atom. The standard InChI is InChI=1S/C13H18BrNS2/c14-11-5-4-8-15-12(11)17-10-13(9-16)6-2-1-3-7-13/h4-5,8,16H,1-3,6-7,9-10H2. The monoisotopic (exact) mass is 331 g/mol. The fraction of sp³-hybridized carbons (Fsp3) is 0.615. The van der Waals surface area contributed by atoms with Gasteiger partial charge in [-0.2, -0.15) is 12.6 Å². The minimum atomic E-state index is 0.434. The number of rotatable bonds is 4. The van der Waals surface area contributed by atoms with Crippen LogP contribution in [0.2, 0.25) is 0 Å². The molecule has 1 aliphatic rings. The van der Waals surface area contributed by atoms with Gasteiger partial charge in [-0.1, -0.05) is 19.3 Å². The molecule has 0 aromatic carbocycles. The van der Waals surface area contributed by atoms with Gasteiger partial charge in [0.15, 0.2) is 0 Å². The first kappa shape index (κ1) is 13.8. The van der Waals surface area contributed by atoms with Crippen molar-refractivity contribution in [3.63, 3.8) is 0 Å². The predicted molar refractivity (Wildman–Crippen MR) is 82.0 cm³/mol. The summed E-state index contributed by atoms with van der Waals surface area (Å²) in [6.07, 6.45) is 8.64. The van der Waals surface area contributed by atoms with Crippen LogP contribution in [0, 0.1) is 5.41 Å². The Labute approximate surface area is 122 Å². The van der Waals surface area contributed by atoms with Crippen molar-refractivity contribution in [2.24, 2.45) is 5.41 Å². The van der Waals surface area contributed by atoms with Crippen molar-refractivity contribution in [3.8, 4) is 0 Å². The molecule has 0 aliphatic heterocycles. The molecule has 0 bridgehead atoms. The zero-order valence-corrected chi connectivity index (χ0v) is 13.2. The molecule has 0 radical (unpaired) electrons. The van der Waals surface area contributed by atoms with E-state index in [1.54, 1.807) is 0 Å². The molecule has 17 heavy (non-hydrogen) atoms. The van der Waals surface area contributed by atoms with Gasteiger partial charge in [0, 0.05) is 16.4 Å². The molecule has 0 unspecified atom stereocenters. The summed E-state index contributed by atoms with van der Waals surface area (Å²) >= 11 is 10.0. The van der Waals surface area contributed by atoms with Crippen molar-refractivity contribution >= 4 is 40.3 Å². The molecule has 0 N–H and O–H groups in total. The molecule has 1 saturated carbocycles. The zero-order valence-electron chi connectivity index (χ0n) is 9.86. The third-order valence-corrected chi connectivity index (χ3v) is 6.42. The van der Waals surface area contributed by atoms with E-state index in [-0.39, 0.29) is 0 Å². The normalized spacial score (nSPS) is 19.2. The largest absolute Gasteiger partial charge is 0.249 e. The number of aromatic nitrogens is 1. The Balaban J connectivity index is 1.98. The van der Waals surface area contributed by atoms with E-state index in [4.69, 9.17) is 0 Å². The molecule has 1 heterocycles. The molecule has 94 valence electrons. The van der Waals surface area contributed by atoms with Crippen molar-refractivity contribution in [2.75, 3.05) is 11.5 Å². The molecular formula is C13H18BrNS2. The van der Waals surface area contributed by atoms with Crippen LogP contribution in [0.5, 0.6) is 0 Å². The Kier molecular flexibility index (Phi) is 5.25. The summed E-state index contributed by atoms with van der Waals surface area (Å²) in [5.74, 6) is 2.15. The van der Waals surface area contributed by atoms with Crippen LogP contribution in [-0.2, 0) is 0 Å². The molecule has 1 fully saturated rings. The van der Waals surface area contributed by atoms with E-state index in [1.165, 1.54) is 32.1 Å². The van der Waals surface area contributed by atoms with Crippen LogP contribution < -0.4 is 0 Å². The van der Waals surface area contributed by atoms with Crippen LogP contribution in [0.15, 0.2) is 27.8 Å². The van der Waals surface area contributed by atoms with Crippen LogP contribution in [0.1, 0.15) is 32.1 Å². The first-order valence-corrected chi connectivity index (χ1v) is 8.51. The van der Waals surface area contributed by atoms with Crippen LogP contribution in [0.3, 0.4) is 0 Å². The summed E-state index contributed by atoms with van der Waals surface area (Å²) in [4.78, 5) is 4.42. The maximum Gasteiger partial charge on any atom is 0.110 e. The topological polar surface area (TPSA) is 12.9 Å². The highest BCUT2D eigenvalue weighted by Gasteiger charge is 2.30. The summed E-state index contributed by atoms with van der Waals surface area (Å²) in [5, 5.41) is 1.11. The van der Waals surface area contributed by atoms with Gasteiger partial charge < -0.3 is 0 Å². The minimum absolute atomic E-state index is 0.434. The van der Waals surface area contributed by atoms with Gasteiger partial charge in [0.1, 0.15) is 5.03 Å². The predicted octanol–water partition coefficient (Wildman–Crippen LogP) is 4.82. The second-order valence-corrected chi connectivity index (χ2v) is 6.93. The number of thiol groups is 1. The number of nitrogens with zero attached hydrogens (tertiary/aromatic N) is 1.